The number of rotatable bonds is 0. The molecule has 3 heteroatoms. The topological polar surface area (TPSA) is 37.3 Å². The van der Waals surface area contributed by atoms with Gasteiger partial charge in [-0.05, 0) is 0 Å². The Labute approximate surface area is 45.7 Å². The zero-order chi connectivity index (χ0) is 3.58. The summed E-state index contributed by atoms with van der Waals surface area (Å²) in [5.74, 6) is -0.833. The Morgan fingerprint density at radius 2 is 1.80 bits per heavy atom. The van der Waals surface area contributed by atoms with E-state index in [0.717, 1.165) is 6.92 Å². The molecule has 0 heterocycles. The van der Waals surface area contributed by atoms with Crippen LogP contribution in [0, 0.1) is 0 Å². The predicted molar refractivity (Wildman–Crippen MR) is 13.3 cm³/mol. The van der Waals surface area contributed by atoms with E-state index in [0.29, 0.717) is 0 Å². The Morgan fingerprint density at radius 1 is 1.80 bits per heavy atom. The maximum Gasteiger partial charge on any atom is 0.300 e. The molecular weight excluding hydrogens is 164 g/mol. The van der Waals surface area contributed by atoms with Crippen LogP contribution in [-0.4, -0.2) is 11.1 Å². The fraction of sp³-hybridized carbons (Fsp3) is 0.500. The van der Waals surface area contributed by atoms with Crippen molar-refractivity contribution in [1.82, 2.24) is 0 Å². The molecule has 1 N–H and O–H groups in total. The van der Waals surface area contributed by atoms with Gasteiger partial charge in [-0.1, -0.05) is 0 Å². The summed E-state index contributed by atoms with van der Waals surface area (Å²) in [7, 11) is 0. The van der Waals surface area contributed by atoms with E-state index < -0.39 is 5.97 Å². The zero-order valence-electron chi connectivity index (χ0n) is 2.66. The summed E-state index contributed by atoms with van der Waals surface area (Å²) in [6, 6.07) is 0. The molecular formula is C2H4AgO2. The summed E-state index contributed by atoms with van der Waals surface area (Å²) >= 11 is 0. The largest absolute Gasteiger partial charge is 0.481 e. The Hall–Kier alpha value is 0.210. The fourth-order valence-corrected chi connectivity index (χ4v) is 0. The third-order valence-electron chi connectivity index (χ3n) is 0. The van der Waals surface area contributed by atoms with Crippen molar-refractivity contribution in [2.45, 2.75) is 6.92 Å². The van der Waals surface area contributed by atoms with Crippen LogP contribution in [0.5, 0.6) is 0 Å². The average Bonchev–Trinajstić information content (AvgIpc) is 0.811. The number of aliphatic carboxylic acids is 1. The molecule has 0 atom stereocenters. The van der Waals surface area contributed by atoms with E-state index in [1.54, 1.807) is 0 Å². The molecule has 0 aromatic carbocycles. The first kappa shape index (κ1) is 8.96. The zero-order valence-corrected chi connectivity index (χ0v) is 4.14. The summed E-state index contributed by atoms with van der Waals surface area (Å²) in [5.41, 5.74) is 0. The van der Waals surface area contributed by atoms with Crippen LogP contribution >= 0.6 is 0 Å². The maximum absolute atomic E-state index is 9.00. The van der Waals surface area contributed by atoms with Crippen LogP contribution in [0.3, 0.4) is 0 Å². The molecule has 0 aliphatic carbocycles. The van der Waals surface area contributed by atoms with Crippen LogP contribution in [0.25, 0.3) is 0 Å². The molecule has 0 bridgehead atoms. The first-order chi connectivity index (χ1) is 1.73. The minimum atomic E-state index is -0.833. The Morgan fingerprint density at radius 3 is 1.80 bits per heavy atom. The fourth-order valence-electron chi connectivity index (χ4n) is 0. The van der Waals surface area contributed by atoms with Gasteiger partial charge in [0.2, 0.25) is 0 Å². The molecule has 0 aliphatic heterocycles. The summed E-state index contributed by atoms with van der Waals surface area (Å²) in [6.45, 7) is 1.08. The van der Waals surface area contributed by atoms with Gasteiger partial charge in [0.15, 0.2) is 0 Å². The van der Waals surface area contributed by atoms with E-state index in [9.17, 15) is 0 Å². The number of carboxylic acids is 1. The summed E-state index contributed by atoms with van der Waals surface area (Å²) < 4.78 is 0. The van der Waals surface area contributed by atoms with Gasteiger partial charge in [-0.2, -0.15) is 0 Å². The van der Waals surface area contributed by atoms with Gasteiger partial charge in [-0.3, -0.25) is 4.79 Å². The van der Waals surface area contributed by atoms with Gasteiger partial charge in [0.05, 0.1) is 0 Å². The van der Waals surface area contributed by atoms with E-state index in [1.165, 1.54) is 0 Å². The Kier molecular flexibility index (Phi) is 7.55. The third kappa shape index (κ3) is 465. The number of hydrogen-bond donors (Lipinski definition) is 1. The molecule has 0 spiro atoms. The molecule has 35 valence electrons. The first-order valence-electron chi connectivity index (χ1n) is 0.928. The summed E-state index contributed by atoms with van der Waals surface area (Å²) in [5, 5.41) is 7.42. The van der Waals surface area contributed by atoms with Crippen LogP contribution in [0.4, 0.5) is 0 Å². The van der Waals surface area contributed by atoms with Crippen molar-refractivity contribution in [1.29, 1.82) is 0 Å². The van der Waals surface area contributed by atoms with E-state index in [-0.39, 0.29) is 22.4 Å². The second kappa shape index (κ2) is 4.21. The van der Waals surface area contributed by atoms with Crippen molar-refractivity contribution in [3.63, 3.8) is 0 Å². The predicted octanol–water partition coefficient (Wildman–Crippen LogP) is 0.0884. The number of hydrogen-bond acceptors (Lipinski definition) is 1. The van der Waals surface area contributed by atoms with E-state index in [4.69, 9.17) is 9.90 Å². The second-order valence-electron chi connectivity index (χ2n) is 0.519. The molecule has 0 fully saturated rings. The number of carboxylic acid groups (broad SMARTS) is 1. The molecule has 0 aromatic rings. The summed E-state index contributed by atoms with van der Waals surface area (Å²) in [6.07, 6.45) is 0. The average molecular weight is 168 g/mol. The Bertz CT molecular complexity index is 30.6. The van der Waals surface area contributed by atoms with Crippen LogP contribution in [-0.2, 0) is 27.2 Å². The van der Waals surface area contributed by atoms with Gasteiger partial charge in [0.1, 0.15) is 0 Å². The molecule has 0 amide bonds. The molecule has 0 aromatic heterocycles. The monoisotopic (exact) mass is 167 g/mol. The second-order valence-corrected chi connectivity index (χ2v) is 0.519. The number of carbonyl (C=O) groups is 1. The first-order valence-corrected chi connectivity index (χ1v) is 0.928. The molecule has 0 saturated carbocycles. The van der Waals surface area contributed by atoms with Crippen molar-refractivity contribution < 1.29 is 32.3 Å². The third-order valence-corrected chi connectivity index (χ3v) is 0. The molecule has 5 heavy (non-hydrogen) atoms. The van der Waals surface area contributed by atoms with Crippen LogP contribution < -0.4 is 0 Å². The van der Waals surface area contributed by atoms with Crippen LogP contribution in [0.15, 0.2) is 0 Å². The quantitative estimate of drug-likeness (QED) is 0.520. The molecule has 2 nitrogen and oxygen atoms in total. The smallest absolute Gasteiger partial charge is 0.300 e. The minimum Gasteiger partial charge on any atom is -0.481 e. The SMILES string of the molecule is CC(=O)O.[Ag]. The van der Waals surface area contributed by atoms with E-state index >= 15 is 0 Å². The normalized spacial score (nSPS) is 5.00. The van der Waals surface area contributed by atoms with Gasteiger partial charge in [-0.25, -0.2) is 0 Å². The molecule has 0 rings (SSSR count). The van der Waals surface area contributed by atoms with E-state index in [2.05, 4.69) is 0 Å². The molecule has 0 unspecified atom stereocenters. The van der Waals surface area contributed by atoms with Crippen molar-refractivity contribution in [2.75, 3.05) is 0 Å². The van der Waals surface area contributed by atoms with Crippen molar-refractivity contribution >= 4 is 5.97 Å². The van der Waals surface area contributed by atoms with Crippen molar-refractivity contribution in [3.8, 4) is 0 Å². The minimum absolute atomic E-state index is 0. The van der Waals surface area contributed by atoms with Crippen molar-refractivity contribution in [2.24, 2.45) is 0 Å². The molecule has 1 radical (unpaired) electrons. The van der Waals surface area contributed by atoms with Gasteiger partial charge < -0.3 is 5.11 Å². The van der Waals surface area contributed by atoms with Gasteiger partial charge >= 0.3 is 0 Å². The van der Waals surface area contributed by atoms with Gasteiger partial charge in [0, 0.05) is 29.3 Å². The van der Waals surface area contributed by atoms with Crippen LogP contribution in [0.2, 0.25) is 0 Å². The van der Waals surface area contributed by atoms with Gasteiger partial charge in [-0.15, -0.1) is 0 Å². The van der Waals surface area contributed by atoms with E-state index in [1.807, 2.05) is 0 Å². The van der Waals surface area contributed by atoms with Crippen LogP contribution in [0.1, 0.15) is 6.92 Å². The molecule has 0 saturated heterocycles. The standard InChI is InChI=1S/C2H4O2.Ag/c1-2(3)4;/h1H3,(H,3,4);. The molecule has 0 aliphatic rings. The van der Waals surface area contributed by atoms with Gasteiger partial charge in [0.25, 0.3) is 5.97 Å². The van der Waals surface area contributed by atoms with Crippen molar-refractivity contribution in [3.05, 3.63) is 0 Å². The summed E-state index contributed by atoms with van der Waals surface area (Å²) in [4.78, 5) is 9.00. The Balaban J connectivity index is 0. The maximum atomic E-state index is 9.00.